The largest absolute Gasteiger partial charge is 0.449 e. The minimum Gasteiger partial charge on any atom is -0.449 e. The second-order valence-corrected chi connectivity index (χ2v) is 8.12. The fraction of sp³-hybridized carbons (Fsp3) is 0.636. The molecule has 2 heterocycles. The van der Waals surface area contributed by atoms with Crippen LogP contribution in [0.2, 0.25) is 0 Å². The van der Waals surface area contributed by atoms with Crippen LogP contribution < -0.4 is 5.32 Å². The lowest BCUT2D eigenvalue weighted by atomic mass is 9.56. The summed E-state index contributed by atoms with van der Waals surface area (Å²) >= 11 is 0. The second-order valence-electron chi connectivity index (χ2n) is 8.12. The number of rotatable bonds is 6. The van der Waals surface area contributed by atoms with Gasteiger partial charge in [0.05, 0.1) is 12.7 Å². The molecule has 1 fully saturated rings. The molecule has 1 saturated heterocycles. The zero-order valence-electron chi connectivity index (χ0n) is 16.9. The average molecular weight is 373 g/mol. The molecule has 1 aliphatic heterocycles. The van der Waals surface area contributed by atoms with E-state index in [2.05, 4.69) is 50.1 Å². The van der Waals surface area contributed by atoms with Gasteiger partial charge in [0.15, 0.2) is 0 Å². The summed E-state index contributed by atoms with van der Waals surface area (Å²) in [6, 6.07) is 4.04. The Hall–Kier alpha value is -1.88. The molecule has 3 rings (SSSR count). The lowest BCUT2D eigenvalue weighted by molar-refractivity contribution is -0.165. The van der Waals surface area contributed by atoms with Gasteiger partial charge in [-0.1, -0.05) is 44.9 Å². The first kappa shape index (κ1) is 19.9. The SMILES string of the molecule is CCCCNC(=O)OC[C@]12COC(c3cccnc3)C(C(C)=CC1C)[C@H]2C. The molecule has 5 atom stereocenters. The standard InChI is InChI=1S/C22H32N2O3/c1-5-6-10-24-21(25)27-14-22-13-26-20(18-8-7-9-23-12-18)19(17(22)4)15(2)11-16(22)3/h7-9,11-12,16-17,19-20H,5-6,10,13-14H2,1-4H3,(H,24,25)/t16?,17-,19?,20?,22-/m1/s1. The highest BCUT2D eigenvalue weighted by Gasteiger charge is 2.54. The number of ether oxygens (including phenoxy) is 2. The number of amides is 1. The third kappa shape index (κ3) is 3.88. The van der Waals surface area contributed by atoms with Crippen LogP contribution in [0.5, 0.6) is 0 Å². The maximum Gasteiger partial charge on any atom is 0.407 e. The van der Waals surface area contributed by atoms with Crippen molar-refractivity contribution in [2.24, 2.45) is 23.2 Å². The van der Waals surface area contributed by atoms with Crippen LogP contribution in [0.3, 0.4) is 0 Å². The Morgan fingerprint density at radius 2 is 2.26 bits per heavy atom. The molecule has 1 aromatic heterocycles. The van der Waals surface area contributed by atoms with E-state index in [-0.39, 0.29) is 23.5 Å². The fourth-order valence-corrected chi connectivity index (χ4v) is 4.72. The van der Waals surface area contributed by atoms with Crippen LogP contribution in [0.15, 0.2) is 36.2 Å². The number of unbranched alkanes of at least 4 members (excludes halogenated alkanes) is 1. The van der Waals surface area contributed by atoms with Gasteiger partial charge in [0.25, 0.3) is 0 Å². The van der Waals surface area contributed by atoms with Crippen molar-refractivity contribution in [3.63, 3.8) is 0 Å². The van der Waals surface area contributed by atoms with Crippen LogP contribution in [0.1, 0.15) is 52.2 Å². The topological polar surface area (TPSA) is 60.5 Å². The number of alkyl carbamates (subject to hydrolysis) is 1. The number of pyridine rings is 1. The summed E-state index contributed by atoms with van der Waals surface area (Å²) in [6.07, 6.45) is 7.72. The molecule has 148 valence electrons. The number of carbonyl (C=O) groups excluding carboxylic acids is 1. The van der Waals surface area contributed by atoms with Crippen molar-refractivity contribution >= 4 is 6.09 Å². The van der Waals surface area contributed by atoms with E-state index in [1.807, 2.05) is 12.3 Å². The first-order valence-electron chi connectivity index (χ1n) is 10.1. The third-order valence-corrected chi connectivity index (χ3v) is 6.53. The van der Waals surface area contributed by atoms with Gasteiger partial charge in [-0.05, 0) is 36.8 Å². The normalized spacial score (nSPS) is 32.5. The van der Waals surface area contributed by atoms with E-state index in [0.717, 1.165) is 18.4 Å². The van der Waals surface area contributed by atoms with Gasteiger partial charge in [0.1, 0.15) is 6.61 Å². The van der Waals surface area contributed by atoms with Gasteiger partial charge >= 0.3 is 6.09 Å². The first-order chi connectivity index (χ1) is 13.0. The molecule has 0 spiro atoms. The Labute approximate surface area is 162 Å². The molecule has 2 aliphatic rings. The molecule has 2 bridgehead atoms. The van der Waals surface area contributed by atoms with Crippen LogP contribution in [-0.4, -0.2) is 30.8 Å². The Kier molecular flexibility index (Phi) is 6.20. The van der Waals surface area contributed by atoms with Crippen LogP contribution in [0.25, 0.3) is 0 Å². The van der Waals surface area contributed by atoms with Crippen LogP contribution >= 0.6 is 0 Å². The molecular formula is C22H32N2O3. The highest BCUT2D eigenvalue weighted by Crippen LogP contribution is 2.56. The third-order valence-electron chi connectivity index (χ3n) is 6.53. The summed E-state index contributed by atoms with van der Waals surface area (Å²) in [4.78, 5) is 16.3. The highest BCUT2D eigenvalue weighted by molar-refractivity contribution is 5.67. The van der Waals surface area contributed by atoms with Gasteiger partial charge < -0.3 is 14.8 Å². The number of nitrogens with zero attached hydrogens (tertiary/aromatic N) is 1. The van der Waals surface area contributed by atoms with E-state index in [1.165, 1.54) is 5.57 Å². The number of carbonyl (C=O) groups is 1. The predicted molar refractivity (Wildman–Crippen MR) is 105 cm³/mol. The minimum atomic E-state index is -0.325. The molecule has 0 radical (unpaired) electrons. The highest BCUT2D eigenvalue weighted by atomic mass is 16.6. The lowest BCUT2D eigenvalue weighted by Gasteiger charge is -2.55. The van der Waals surface area contributed by atoms with E-state index < -0.39 is 0 Å². The molecule has 1 amide bonds. The number of fused-ring (bicyclic) bond motifs is 2. The molecular weight excluding hydrogens is 340 g/mol. The number of nitrogens with one attached hydrogen (secondary N) is 1. The fourth-order valence-electron chi connectivity index (χ4n) is 4.72. The maximum absolute atomic E-state index is 12.1. The van der Waals surface area contributed by atoms with Gasteiger partial charge in [0, 0.05) is 30.3 Å². The number of hydrogen-bond donors (Lipinski definition) is 1. The summed E-state index contributed by atoms with van der Waals surface area (Å²) in [5.74, 6) is 0.910. The Balaban J connectivity index is 1.76. The quantitative estimate of drug-likeness (QED) is 0.589. The second kappa shape index (κ2) is 8.42. The Morgan fingerprint density at radius 1 is 1.44 bits per heavy atom. The number of allylic oxidation sites excluding steroid dienone is 1. The zero-order valence-corrected chi connectivity index (χ0v) is 16.9. The van der Waals surface area contributed by atoms with E-state index in [4.69, 9.17) is 9.47 Å². The summed E-state index contributed by atoms with van der Waals surface area (Å²) < 4.78 is 12.0. The van der Waals surface area contributed by atoms with Crippen molar-refractivity contribution in [3.8, 4) is 0 Å². The molecule has 1 aromatic rings. The molecule has 1 N–H and O–H groups in total. The Morgan fingerprint density at radius 3 is 2.96 bits per heavy atom. The van der Waals surface area contributed by atoms with E-state index >= 15 is 0 Å². The smallest absolute Gasteiger partial charge is 0.407 e. The van der Waals surface area contributed by atoms with Gasteiger partial charge in [0.2, 0.25) is 0 Å². The van der Waals surface area contributed by atoms with Crippen LogP contribution in [-0.2, 0) is 9.47 Å². The monoisotopic (exact) mass is 372 g/mol. The minimum absolute atomic E-state index is 0.00366. The molecule has 0 aromatic carbocycles. The summed E-state index contributed by atoms with van der Waals surface area (Å²) in [7, 11) is 0. The first-order valence-corrected chi connectivity index (χ1v) is 10.1. The zero-order chi connectivity index (χ0) is 19.4. The van der Waals surface area contributed by atoms with Crippen molar-refractivity contribution < 1.29 is 14.3 Å². The summed E-state index contributed by atoms with van der Waals surface area (Å²) in [5, 5.41) is 2.84. The van der Waals surface area contributed by atoms with Gasteiger partial charge in [-0.2, -0.15) is 0 Å². The molecule has 5 heteroatoms. The van der Waals surface area contributed by atoms with Gasteiger partial charge in [-0.15, -0.1) is 0 Å². The molecule has 1 aliphatic carbocycles. The number of aromatic nitrogens is 1. The van der Waals surface area contributed by atoms with E-state index in [0.29, 0.717) is 31.6 Å². The summed E-state index contributed by atoms with van der Waals surface area (Å²) in [6.45, 7) is 10.4. The van der Waals surface area contributed by atoms with Crippen molar-refractivity contribution in [1.82, 2.24) is 10.3 Å². The lowest BCUT2D eigenvalue weighted by Crippen LogP contribution is -2.54. The average Bonchev–Trinajstić information content (AvgIpc) is 2.66. The van der Waals surface area contributed by atoms with Crippen LogP contribution in [0.4, 0.5) is 4.79 Å². The Bertz CT molecular complexity index is 675. The van der Waals surface area contributed by atoms with Crippen molar-refractivity contribution in [1.29, 1.82) is 0 Å². The van der Waals surface area contributed by atoms with Gasteiger partial charge in [-0.3, -0.25) is 4.98 Å². The van der Waals surface area contributed by atoms with E-state index in [9.17, 15) is 4.79 Å². The van der Waals surface area contributed by atoms with Crippen LogP contribution in [0, 0.1) is 23.2 Å². The van der Waals surface area contributed by atoms with Gasteiger partial charge in [-0.25, -0.2) is 4.79 Å². The molecule has 5 nitrogen and oxygen atoms in total. The summed E-state index contributed by atoms with van der Waals surface area (Å²) in [5.41, 5.74) is 2.28. The van der Waals surface area contributed by atoms with Crippen molar-refractivity contribution in [2.75, 3.05) is 19.8 Å². The molecule has 0 saturated carbocycles. The molecule has 3 unspecified atom stereocenters. The van der Waals surface area contributed by atoms with E-state index in [1.54, 1.807) is 6.20 Å². The maximum atomic E-state index is 12.1. The van der Waals surface area contributed by atoms with Crippen molar-refractivity contribution in [2.45, 2.75) is 46.6 Å². The molecule has 27 heavy (non-hydrogen) atoms. The number of hydrogen-bond acceptors (Lipinski definition) is 4. The predicted octanol–water partition coefficient (Wildman–Crippen LogP) is 4.51. The van der Waals surface area contributed by atoms with Crippen molar-refractivity contribution in [3.05, 3.63) is 41.7 Å².